The van der Waals surface area contributed by atoms with Crippen LogP contribution in [0.15, 0.2) is 6.07 Å². The fourth-order valence-corrected chi connectivity index (χ4v) is 2.46. The molecule has 1 aromatic heterocycles. The molecule has 1 aliphatic rings. The smallest absolute Gasteiger partial charge is 0.272 e. The van der Waals surface area contributed by atoms with Crippen molar-refractivity contribution >= 4 is 11.7 Å². The number of nitrogens with zero attached hydrogens (tertiary/aromatic N) is 3. The molecule has 18 heavy (non-hydrogen) atoms. The van der Waals surface area contributed by atoms with Gasteiger partial charge in [-0.1, -0.05) is 6.92 Å². The van der Waals surface area contributed by atoms with Crippen LogP contribution >= 0.6 is 0 Å². The topological polar surface area (TPSA) is 78.2 Å². The lowest BCUT2D eigenvalue weighted by Crippen LogP contribution is -2.43. The van der Waals surface area contributed by atoms with Crippen molar-refractivity contribution in [3.8, 4) is 0 Å². The van der Waals surface area contributed by atoms with Crippen molar-refractivity contribution in [2.45, 2.75) is 25.8 Å². The molecule has 0 bridgehead atoms. The van der Waals surface area contributed by atoms with Gasteiger partial charge in [0, 0.05) is 25.2 Å². The summed E-state index contributed by atoms with van der Waals surface area (Å²) in [4.78, 5) is 16.6. The number of hydrogen-bond acceptors (Lipinski definition) is 4. The van der Waals surface area contributed by atoms with Crippen molar-refractivity contribution in [3.05, 3.63) is 11.8 Å². The number of nitrogens with two attached hydrogens (primary N) is 1. The van der Waals surface area contributed by atoms with Crippen LogP contribution in [0.5, 0.6) is 0 Å². The van der Waals surface area contributed by atoms with Crippen molar-refractivity contribution in [2.24, 2.45) is 0 Å². The minimum atomic E-state index is 0.00125. The van der Waals surface area contributed by atoms with E-state index in [2.05, 4.69) is 29.1 Å². The maximum Gasteiger partial charge on any atom is 0.272 e. The molecule has 0 aromatic carbocycles. The molecule has 0 saturated carbocycles. The van der Waals surface area contributed by atoms with Gasteiger partial charge in [0.25, 0.3) is 5.91 Å². The van der Waals surface area contributed by atoms with Gasteiger partial charge < -0.3 is 15.5 Å². The number of likely N-dealkylation sites (N-methyl/N-ethyl adjacent to an activating group) is 1. The summed E-state index contributed by atoms with van der Waals surface area (Å²) in [7, 11) is 2.10. The van der Waals surface area contributed by atoms with Gasteiger partial charge in [0.05, 0.1) is 0 Å². The van der Waals surface area contributed by atoms with Gasteiger partial charge in [-0.3, -0.25) is 9.89 Å². The summed E-state index contributed by atoms with van der Waals surface area (Å²) in [5.41, 5.74) is 6.03. The average molecular weight is 251 g/mol. The molecule has 0 aliphatic carbocycles. The standard InChI is InChI=1S/C12H21N5O/c1-3-9-8-16(2)5-4-6-17(9)12(18)10-7-11(13)15-14-10/h7,9H,3-6,8H2,1-2H3,(H3,13,14,15). The number of amides is 1. The fraction of sp³-hybridized carbons (Fsp3) is 0.667. The van der Waals surface area contributed by atoms with Gasteiger partial charge in [0.15, 0.2) is 0 Å². The zero-order valence-electron chi connectivity index (χ0n) is 11.0. The lowest BCUT2D eigenvalue weighted by Gasteiger charge is -2.29. The lowest BCUT2D eigenvalue weighted by atomic mass is 10.1. The quantitative estimate of drug-likeness (QED) is 0.804. The Morgan fingerprint density at radius 3 is 3.00 bits per heavy atom. The highest BCUT2D eigenvalue weighted by Gasteiger charge is 2.27. The van der Waals surface area contributed by atoms with Crippen LogP contribution in [0.3, 0.4) is 0 Å². The van der Waals surface area contributed by atoms with Crippen LogP contribution in [-0.4, -0.2) is 58.6 Å². The van der Waals surface area contributed by atoms with E-state index in [0.717, 1.165) is 32.5 Å². The third kappa shape index (κ3) is 2.64. The van der Waals surface area contributed by atoms with E-state index in [1.54, 1.807) is 6.07 Å². The Kier molecular flexibility index (Phi) is 3.86. The Balaban J connectivity index is 2.16. The van der Waals surface area contributed by atoms with Crippen LogP contribution in [0.2, 0.25) is 0 Å². The summed E-state index contributed by atoms with van der Waals surface area (Å²) < 4.78 is 0. The van der Waals surface area contributed by atoms with E-state index < -0.39 is 0 Å². The summed E-state index contributed by atoms with van der Waals surface area (Å²) >= 11 is 0. The normalized spacial score (nSPS) is 21.9. The minimum Gasteiger partial charge on any atom is -0.382 e. The molecule has 6 nitrogen and oxygen atoms in total. The first-order valence-electron chi connectivity index (χ1n) is 6.42. The van der Waals surface area contributed by atoms with E-state index in [-0.39, 0.29) is 11.9 Å². The summed E-state index contributed by atoms with van der Waals surface area (Å²) in [6.07, 6.45) is 1.96. The fourth-order valence-electron chi connectivity index (χ4n) is 2.46. The number of H-pyrrole nitrogens is 1. The van der Waals surface area contributed by atoms with Gasteiger partial charge >= 0.3 is 0 Å². The third-order valence-corrected chi connectivity index (χ3v) is 3.46. The summed E-state index contributed by atoms with van der Waals surface area (Å²) in [5.74, 6) is 0.361. The molecule has 1 unspecified atom stereocenters. The number of nitrogen functional groups attached to an aromatic ring is 1. The minimum absolute atomic E-state index is 0.00125. The molecule has 2 rings (SSSR count). The number of rotatable bonds is 2. The molecule has 1 fully saturated rings. The zero-order chi connectivity index (χ0) is 13.1. The first-order valence-corrected chi connectivity index (χ1v) is 6.42. The number of nitrogens with one attached hydrogen (secondary N) is 1. The molecule has 1 amide bonds. The maximum absolute atomic E-state index is 12.4. The first kappa shape index (κ1) is 12.9. The molecule has 1 atom stereocenters. The number of carbonyl (C=O) groups is 1. The van der Waals surface area contributed by atoms with Gasteiger partial charge in [-0.25, -0.2) is 0 Å². The van der Waals surface area contributed by atoms with Crippen LogP contribution in [0.1, 0.15) is 30.3 Å². The first-order chi connectivity index (χ1) is 8.61. The number of anilines is 1. The van der Waals surface area contributed by atoms with Crippen molar-refractivity contribution < 1.29 is 4.79 Å². The van der Waals surface area contributed by atoms with Gasteiger partial charge in [-0.05, 0) is 26.4 Å². The second kappa shape index (κ2) is 5.39. The molecule has 6 heteroatoms. The molecular weight excluding hydrogens is 230 g/mol. The Morgan fingerprint density at radius 1 is 1.61 bits per heavy atom. The molecule has 0 spiro atoms. The van der Waals surface area contributed by atoms with Crippen molar-refractivity contribution in [3.63, 3.8) is 0 Å². The van der Waals surface area contributed by atoms with Crippen LogP contribution in [0.25, 0.3) is 0 Å². The maximum atomic E-state index is 12.4. The summed E-state index contributed by atoms with van der Waals surface area (Å²) in [6.45, 7) is 4.86. The van der Waals surface area contributed by atoms with Crippen molar-refractivity contribution in [2.75, 3.05) is 32.4 Å². The van der Waals surface area contributed by atoms with Crippen molar-refractivity contribution in [1.29, 1.82) is 0 Å². The second-order valence-electron chi connectivity index (χ2n) is 4.88. The predicted molar refractivity (Wildman–Crippen MR) is 70.2 cm³/mol. The van der Waals surface area contributed by atoms with Gasteiger partial charge in [0.2, 0.25) is 0 Å². The second-order valence-corrected chi connectivity index (χ2v) is 4.88. The van der Waals surface area contributed by atoms with Crippen LogP contribution in [0, 0.1) is 0 Å². The summed E-state index contributed by atoms with van der Waals surface area (Å²) in [6, 6.07) is 1.86. The number of hydrogen-bond donors (Lipinski definition) is 2. The third-order valence-electron chi connectivity index (χ3n) is 3.46. The molecule has 0 radical (unpaired) electrons. The monoisotopic (exact) mass is 251 g/mol. The number of carbonyl (C=O) groups excluding carboxylic acids is 1. The van der Waals surface area contributed by atoms with E-state index in [0.29, 0.717) is 11.5 Å². The Labute approximate surface area is 107 Å². The predicted octanol–water partition coefficient (Wildman–Crippen LogP) is 0.548. The van der Waals surface area contributed by atoms with E-state index in [1.165, 1.54) is 0 Å². The zero-order valence-corrected chi connectivity index (χ0v) is 11.0. The lowest BCUT2D eigenvalue weighted by molar-refractivity contribution is 0.0669. The van der Waals surface area contributed by atoms with E-state index in [9.17, 15) is 4.79 Å². The number of aromatic nitrogens is 2. The Hall–Kier alpha value is -1.56. The van der Waals surface area contributed by atoms with E-state index in [4.69, 9.17) is 5.73 Å². The van der Waals surface area contributed by atoms with E-state index in [1.807, 2.05) is 4.90 Å². The van der Waals surface area contributed by atoms with Gasteiger partial charge in [0.1, 0.15) is 11.5 Å². The van der Waals surface area contributed by atoms with Crippen LogP contribution < -0.4 is 5.73 Å². The van der Waals surface area contributed by atoms with Gasteiger partial charge in [-0.2, -0.15) is 5.10 Å². The van der Waals surface area contributed by atoms with Crippen LogP contribution in [-0.2, 0) is 0 Å². The summed E-state index contributed by atoms with van der Waals surface area (Å²) in [5, 5.41) is 6.52. The van der Waals surface area contributed by atoms with E-state index >= 15 is 0 Å². The van der Waals surface area contributed by atoms with Gasteiger partial charge in [-0.15, -0.1) is 0 Å². The van der Waals surface area contributed by atoms with Crippen molar-refractivity contribution in [1.82, 2.24) is 20.0 Å². The molecule has 1 aromatic rings. The average Bonchev–Trinajstić information content (AvgIpc) is 2.68. The molecule has 3 N–H and O–H groups in total. The molecular formula is C12H21N5O. The molecule has 1 saturated heterocycles. The highest BCUT2D eigenvalue weighted by Crippen LogP contribution is 2.15. The molecule has 100 valence electrons. The molecule has 1 aliphatic heterocycles. The Bertz CT molecular complexity index is 416. The largest absolute Gasteiger partial charge is 0.382 e. The highest BCUT2D eigenvalue weighted by atomic mass is 16.2. The number of aromatic amines is 1. The highest BCUT2D eigenvalue weighted by molar-refractivity contribution is 5.93. The SMILES string of the molecule is CCC1CN(C)CCCN1C(=O)c1cc(N)n[nH]1. The Morgan fingerprint density at radius 2 is 2.39 bits per heavy atom. The van der Waals surface area contributed by atoms with Crippen LogP contribution in [0.4, 0.5) is 5.82 Å². The molecule has 2 heterocycles.